The Labute approximate surface area is 176 Å². The summed E-state index contributed by atoms with van der Waals surface area (Å²) >= 11 is 0. The van der Waals surface area contributed by atoms with Gasteiger partial charge in [-0.25, -0.2) is 0 Å². The molecule has 0 bridgehead atoms. The summed E-state index contributed by atoms with van der Waals surface area (Å²) in [6, 6.07) is 0. The first-order valence-corrected chi connectivity index (χ1v) is 12.6. The van der Waals surface area contributed by atoms with Gasteiger partial charge in [-0.15, -0.1) is 0 Å². The topological polar surface area (TPSA) is 18.5 Å². The number of rotatable bonds is 10. The Morgan fingerprint density at radius 1 is 0.821 bits per heavy atom. The Hall–Kier alpha value is -0.0800. The predicted molar refractivity (Wildman–Crippen MR) is 121 cm³/mol. The predicted octanol–water partition coefficient (Wildman–Crippen LogP) is 7.50. The minimum Gasteiger partial charge on any atom is -0.378 e. The van der Waals surface area contributed by atoms with Gasteiger partial charge in [-0.3, -0.25) is 0 Å². The van der Waals surface area contributed by atoms with Gasteiger partial charge in [0.1, 0.15) is 0 Å². The van der Waals surface area contributed by atoms with Crippen molar-refractivity contribution in [2.45, 2.75) is 118 Å². The first-order chi connectivity index (χ1) is 13.4. The molecule has 2 fully saturated rings. The summed E-state index contributed by atoms with van der Waals surface area (Å²) in [6.07, 6.45) is 13.0. The average Bonchev–Trinajstić information content (AvgIpc) is 2.68. The Bertz CT molecular complexity index is 432. The molecule has 7 unspecified atom stereocenters. The monoisotopic (exact) mass is 394 g/mol. The van der Waals surface area contributed by atoms with E-state index in [9.17, 15) is 0 Å². The van der Waals surface area contributed by atoms with Crippen LogP contribution in [0.25, 0.3) is 0 Å². The Kier molecular flexibility index (Phi) is 9.81. The molecule has 28 heavy (non-hydrogen) atoms. The summed E-state index contributed by atoms with van der Waals surface area (Å²) in [5, 5.41) is 0. The zero-order chi connectivity index (χ0) is 20.7. The molecule has 2 saturated carbocycles. The lowest BCUT2D eigenvalue weighted by Crippen LogP contribution is -2.46. The summed E-state index contributed by atoms with van der Waals surface area (Å²) in [6.45, 7) is 18.4. The van der Waals surface area contributed by atoms with Crippen LogP contribution in [0.1, 0.15) is 106 Å². The molecular weight excluding hydrogens is 344 g/mol. The van der Waals surface area contributed by atoms with Crippen molar-refractivity contribution in [1.29, 1.82) is 0 Å². The van der Waals surface area contributed by atoms with E-state index in [1.54, 1.807) is 0 Å². The van der Waals surface area contributed by atoms with Gasteiger partial charge in [-0.1, -0.05) is 53.9 Å². The lowest BCUT2D eigenvalue weighted by molar-refractivity contribution is -0.0921. The average molecular weight is 395 g/mol. The third-order valence-electron chi connectivity index (χ3n) is 8.48. The van der Waals surface area contributed by atoms with Crippen LogP contribution in [0.4, 0.5) is 0 Å². The SMILES string of the molecule is CCCCC1CC(C(C)(C)C2CC(C)C(OCC)C(CC)C2)CCC1OCC. The van der Waals surface area contributed by atoms with Gasteiger partial charge in [0.15, 0.2) is 0 Å². The molecule has 2 heteroatoms. The molecule has 0 N–H and O–H groups in total. The van der Waals surface area contributed by atoms with Crippen LogP contribution in [0.15, 0.2) is 0 Å². The van der Waals surface area contributed by atoms with E-state index in [0.717, 1.165) is 36.9 Å². The van der Waals surface area contributed by atoms with Gasteiger partial charge >= 0.3 is 0 Å². The van der Waals surface area contributed by atoms with Crippen LogP contribution in [0, 0.1) is 35.0 Å². The molecule has 0 saturated heterocycles. The highest BCUT2D eigenvalue weighted by Crippen LogP contribution is 2.52. The number of hydrogen-bond acceptors (Lipinski definition) is 2. The van der Waals surface area contributed by atoms with Gasteiger partial charge in [0.05, 0.1) is 12.2 Å². The van der Waals surface area contributed by atoms with Crippen molar-refractivity contribution in [2.24, 2.45) is 35.0 Å². The first-order valence-electron chi connectivity index (χ1n) is 12.6. The molecule has 2 aliphatic rings. The molecule has 0 aromatic rings. The van der Waals surface area contributed by atoms with Crippen LogP contribution < -0.4 is 0 Å². The molecular formula is C26H50O2. The van der Waals surface area contributed by atoms with E-state index in [1.165, 1.54) is 57.8 Å². The van der Waals surface area contributed by atoms with E-state index >= 15 is 0 Å². The quantitative estimate of drug-likeness (QED) is 0.382. The highest BCUT2D eigenvalue weighted by Gasteiger charge is 2.46. The van der Waals surface area contributed by atoms with Crippen molar-refractivity contribution in [2.75, 3.05) is 13.2 Å². The maximum absolute atomic E-state index is 6.19. The second-order valence-corrected chi connectivity index (χ2v) is 10.5. The van der Waals surface area contributed by atoms with Crippen LogP contribution in [-0.2, 0) is 9.47 Å². The van der Waals surface area contributed by atoms with E-state index < -0.39 is 0 Å². The Morgan fingerprint density at radius 3 is 2.11 bits per heavy atom. The van der Waals surface area contributed by atoms with Gasteiger partial charge < -0.3 is 9.47 Å². The molecule has 0 spiro atoms. The highest BCUT2D eigenvalue weighted by atomic mass is 16.5. The third-order valence-corrected chi connectivity index (χ3v) is 8.48. The Morgan fingerprint density at radius 2 is 1.50 bits per heavy atom. The zero-order valence-electron chi connectivity index (χ0n) is 20.1. The molecule has 2 nitrogen and oxygen atoms in total. The largest absolute Gasteiger partial charge is 0.378 e. The van der Waals surface area contributed by atoms with Crippen LogP contribution in [-0.4, -0.2) is 25.4 Å². The van der Waals surface area contributed by atoms with Crippen LogP contribution in [0.3, 0.4) is 0 Å². The number of hydrogen-bond donors (Lipinski definition) is 0. The van der Waals surface area contributed by atoms with Gasteiger partial charge in [0, 0.05) is 13.2 Å². The molecule has 0 aromatic heterocycles. The maximum atomic E-state index is 6.19. The standard InChI is InChI=1S/C26H50O2/c1-8-12-13-21-18-22(14-15-24(21)27-10-3)26(6,7)23-16-19(5)25(28-11-4)20(9-2)17-23/h19-25H,8-18H2,1-7H3. The van der Waals surface area contributed by atoms with E-state index in [0.29, 0.717) is 23.5 Å². The Balaban J connectivity index is 2.08. The van der Waals surface area contributed by atoms with E-state index in [-0.39, 0.29) is 0 Å². The third kappa shape index (κ3) is 5.75. The fraction of sp³-hybridized carbons (Fsp3) is 1.00. The van der Waals surface area contributed by atoms with Crippen LogP contribution in [0.2, 0.25) is 0 Å². The normalized spacial score (nSPS) is 37.2. The maximum Gasteiger partial charge on any atom is 0.0628 e. The molecule has 0 amide bonds. The molecule has 2 rings (SSSR count). The smallest absolute Gasteiger partial charge is 0.0628 e. The second kappa shape index (κ2) is 11.3. The van der Waals surface area contributed by atoms with Crippen molar-refractivity contribution < 1.29 is 9.47 Å². The van der Waals surface area contributed by atoms with Crippen molar-refractivity contribution >= 4 is 0 Å². The number of unbranched alkanes of at least 4 members (excludes halogenated alkanes) is 1. The van der Waals surface area contributed by atoms with E-state index in [4.69, 9.17) is 9.47 Å². The van der Waals surface area contributed by atoms with Gasteiger partial charge in [-0.05, 0) is 87.4 Å². The molecule has 0 aliphatic heterocycles. The van der Waals surface area contributed by atoms with Crippen molar-refractivity contribution in [3.05, 3.63) is 0 Å². The molecule has 0 heterocycles. The summed E-state index contributed by atoms with van der Waals surface area (Å²) in [5.74, 6) is 3.90. The number of ether oxygens (including phenoxy) is 2. The minimum atomic E-state index is 0.431. The lowest BCUT2D eigenvalue weighted by atomic mass is 9.56. The second-order valence-electron chi connectivity index (χ2n) is 10.5. The fourth-order valence-corrected chi connectivity index (χ4v) is 6.59. The fourth-order valence-electron chi connectivity index (χ4n) is 6.59. The van der Waals surface area contributed by atoms with Crippen LogP contribution in [0.5, 0.6) is 0 Å². The van der Waals surface area contributed by atoms with Crippen molar-refractivity contribution in [3.63, 3.8) is 0 Å². The van der Waals surface area contributed by atoms with Crippen LogP contribution >= 0.6 is 0 Å². The van der Waals surface area contributed by atoms with Gasteiger partial charge in [0.25, 0.3) is 0 Å². The van der Waals surface area contributed by atoms with E-state index in [2.05, 4.69) is 48.5 Å². The molecule has 2 aliphatic carbocycles. The highest BCUT2D eigenvalue weighted by molar-refractivity contribution is 4.96. The summed E-state index contributed by atoms with van der Waals surface area (Å²) in [7, 11) is 0. The summed E-state index contributed by atoms with van der Waals surface area (Å²) in [4.78, 5) is 0. The van der Waals surface area contributed by atoms with Crippen molar-refractivity contribution in [3.8, 4) is 0 Å². The van der Waals surface area contributed by atoms with Crippen molar-refractivity contribution in [1.82, 2.24) is 0 Å². The lowest BCUT2D eigenvalue weighted by Gasteiger charge is -2.51. The molecule has 0 radical (unpaired) electrons. The molecule has 0 aromatic carbocycles. The minimum absolute atomic E-state index is 0.431. The van der Waals surface area contributed by atoms with Gasteiger partial charge in [0.2, 0.25) is 0 Å². The van der Waals surface area contributed by atoms with Gasteiger partial charge in [-0.2, -0.15) is 0 Å². The molecule has 166 valence electrons. The summed E-state index contributed by atoms with van der Waals surface area (Å²) < 4.78 is 12.4. The molecule has 7 atom stereocenters. The first kappa shape index (κ1) is 24.2. The van der Waals surface area contributed by atoms with E-state index in [1.807, 2.05) is 0 Å². The zero-order valence-corrected chi connectivity index (χ0v) is 20.1. The summed E-state index contributed by atoms with van der Waals surface area (Å²) in [5.41, 5.74) is 0.431.